The first kappa shape index (κ1) is 15.8. The third-order valence-corrected chi connectivity index (χ3v) is 4.64. The highest BCUT2D eigenvalue weighted by Crippen LogP contribution is 2.28. The highest BCUT2D eigenvalue weighted by atomic mass is 32.1. The van der Waals surface area contributed by atoms with E-state index >= 15 is 0 Å². The van der Waals surface area contributed by atoms with E-state index in [1.807, 2.05) is 19.9 Å². The molecule has 0 saturated carbocycles. The first-order valence-corrected chi connectivity index (χ1v) is 8.18. The lowest BCUT2D eigenvalue weighted by Crippen LogP contribution is -2.27. The molecule has 1 N–H and O–H groups in total. The number of aryl methyl sites for hydroxylation is 2. The molecule has 0 saturated heterocycles. The Balaban J connectivity index is 2.41. The van der Waals surface area contributed by atoms with E-state index in [4.69, 9.17) is 0 Å². The Kier molecular flexibility index (Phi) is 4.83. The molecule has 0 aliphatic heterocycles. The van der Waals surface area contributed by atoms with Gasteiger partial charge in [0.1, 0.15) is 0 Å². The summed E-state index contributed by atoms with van der Waals surface area (Å²) in [6.45, 7) is 9.32. The predicted molar refractivity (Wildman–Crippen MR) is 88.3 cm³/mol. The third kappa shape index (κ3) is 3.18. The normalized spacial score (nSPS) is 11.3. The molecule has 114 valence electrons. The Morgan fingerprint density at radius 1 is 1.43 bits per heavy atom. The van der Waals surface area contributed by atoms with E-state index in [0.29, 0.717) is 30.0 Å². The minimum Gasteiger partial charge on any atom is -0.352 e. The number of thiophene rings is 1. The second kappa shape index (κ2) is 6.43. The molecule has 4 nitrogen and oxygen atoms in total. The highest BCUT2D eigenvalue weighted by molar-refractivity contribution is 7.19. The summed E-state index contributed by atoms with van der Waals surface area (Å²) in [5, 5.41) is 3.49. The molecular weight excluding hydrogens is 284 g/mol. The first-order chi connectivity index (χ1) is 9.95. The summed E-state index contributed by atoms with van der Waals surface area (Å²) >= 11 is 1.51. The van der Waals surface area contributed by atoms with E-state index in [9.17, 15) is 9.59 Å². The van der Waals surface area contributed by atoms with Crippen LogP contribution >= 0.6 is 11.3 Å². The summed E-state index contributed by atoms with van der Waals surface area (Å²) < 4.78 is 2.52. The maximum Gasteiger partial charge on any atom is 0.260 e. The summed E-state index contributed by atoms with van der Waals surface area (Å²) in [6, 6.07) is 1.92. The van der Waals surface area contributed by atoms with Crippen LogP contribution in [-0.2, 0) is 6.54 Å². The van der Waals surface area contributed by atoms with Crippen LogP contribution in [0.4, 0.5) is 0 Å². The smallest absolute Gasteiger partial charge is 0.260 e. The fourth-order valence-corrected chi connectivity index (χ4v) is 3.40. The topological polar surface area (TPSA) is 51.1 Å². The van der Waals surface area contributed by atoms with Gasteiger partial charge in [-0.05, 0) is 32.3 Å². The van der Waals surface area contributed by atoms with Gasteiger partial charge in [0.05, 0.1) is 10.9 Å². The maximum absolute atomic E-state index is 12.5. The van der Waals surface area contributed by atoms with Crippen molar-refractivity contribution in [3.63, 3.8) is 0 Å². The van der Waals surface area contributed by atoms with E-state index in [1.165, 1.54) is 11.3 Å². The zero-order valence-electron chi connectivity index (χ0n) is 13.0. The summed E-state index contributed by atoms with van der Waals surface area (Å²) in [7, 11) is 0. The number of rotatable bonds is 5. The van der Waals surface area contributed by atoms with Crippen LogP contribution in [0, 0.1) is 12.8 Å². The van der Waals surface area contributed by atoms with Gasteiger partial charge in [-0.3, -0.25) is 9.59 Å². The van der Waals surface area contributed by atoms with Crippen LogP contribution in [0.3, 0.4) is 0 Å². The SMILES string of the molecule is CCn1ccc2sc(C)c(C(=O)NCCC(C)C)c2c1=O. The first-order valence-electron chi connectivity index (χ1n) is 7.36. The number of amides is 1. The van der Waals surface area contributed by atoms with E-state index in [2.05, 4.69) is 19.2 Å². The molecule has 2 heterocycles. The lowest BCUT2D eigenvalue weighted by molar-refractivity contribution is 0.0953. The van der Waals surface area contributed by atoms with Gasteiger partial charge in [0.2, 0.25) is 0 Å². The third-order valence-electron chi connectivity index (χ3n) is 3.57. The summed E-state index contributed by atoms with van der Waals surface area (Å²) in [5.74, 6) is 0.410. The van der Waals surface area contributed by atoms with Crippen molar-refractivity contribution in [2.24, 2.45) is 5.92 Å². The van der Waals surface area contributed by atoms with E-state index in [-0.39, 0.29) is 11.5 Å². The van der Waals surface area contributed by atoms with E-state index in [0.717, 1.165) is 16.0 Å². The Hall–Kier alpha value is -1.62. The molecule has 0 aliphatic carbocycles. The standard InChI is InChI=1S/C16H22N2O2S/c1-5-18-9-7-12-14(16(18)20)13(11(4)21-12)15(19)17-8-6-10(2)3/h7,9-10H,5-6,8H2,1-4H3,(H,17,19). The zero-order valence-corrected chi connectivity index (χ0v) is 13.8. The van der Waals surface area contributed by atoms with Crippen LogP contribution < -0.4 is 10.9 Å². The average molecular weight is 306 g/mol. The van der Waals surface area contributed by atoms with Gasteiger partial charge in [0.25, 0.3) is 11.5 Å². The fraction of sp³-hybridized carbons (Fsp3) is 0.500. The molecule has 0 aliphatic rings. The number of hydrogen-bond acceptors (Lipinski definition) is 3. The van der Waals surface area contributed by atoms with E-state index < -0.39 is 0 Å². The molecular formula is C16H22N2O2S. The van der Waals surface area contributed by atoms with Crippen molar-refractivity contribution in [1.29, 1.82) is 0 Å². The van der Waals surface area contributed by atoms with Crippen molar-refractivity contribution in [3.8, 4) is 0 Å². The molecule has 0 fully saturated rings. The largest absolute Gasteiger partial charge is 0.352 e. The Bertz CT molecular complexity index is 713. The van der Waals surface area contributed by atoms with Crippen molar-refractivity contribution in [3.05, 3.63) is 33.1 Å². The van der Waals surface area contributed by atoms with Crippen LogP contribution in [0.2, 0.25) is 0 Å². The van der Waals surface area contributed by atoms with Crippen LogP contribution in [0.15, 0.2) is 17.1 Å². The van der Waals surface area contributed by atoms with Gasteiger partial charge < -0.3 is 9.88 Å². The molecule has 0 aromatic carbocycles. The summed E-state index contributed by atoms with van der Waals surface area (Å²) in [5.41, 5.74) is 0.472. The molecule has 0 bridgehead atoms. The molecule has 0 atom stereocenters. The van der Waals surface area contributed by atoms with Gasteiger partial charge in [0.15, 0.2) is 0 Å². The number of pyridine rings is 1. The van der Waals surface area contributed by atoms with Crippen LogP contribution in [0.1, 0.15) is 42.4 Å². The van der Waals surface area contributed by atoms with Gasteiger partial charge in [-0.1, -0.05) is 13.8 Å². The fourth-order valence-electron chi connectivity index (χ4n) is 2.35. The molecule has 21 heavy (non-hydrogen) atoms. The number of nitrogens with one attached hydrogen (secondary N) is 1. The van der Waals surface area contributed by atoms with Gasteiger partial charge >= 0.3 is 0 Å². The Morgan fingerprint density at radius 2 is 2.14 bits per heavy atom. The molecule has 5 heteroatoms. The number of carbonyl (C=O) groups excluding carboxylic acids is 1. The summed E-state index contributed by atoms with van der Waals surface area (Å²) in [4.78, 5) is 25.8. The van der Waals surface area contributed by atoms with Crippen LogP contribution in [-0.4, -0.2) is 17.0 Å². The van der Waals surface area contributed by atoms with E-state index in [1.54, 1.807) is 10.8 Å². The highest BCUT2D eigenvalue weighted by Gasteiger charge is 2.19. The second-order valence-corrected chi connectivity index (χ2v) is 6.87. The molecule has 0 spiro atoms. The van der Waals surface area contributed by atoms with Gasteiger partial charge in [-0.25, -0.2) is 0 Å². The number of hydrogen-bond donors (Lipinski definition) is 1. The quantitative estimate of drug-likeness (QED) is 0.922. The van der Waals surface area contributed by atoms with Crippen molar-refractivity contribution < 1.29 is 4.79 Å². The van der Waals surface area contributed by atoms with Crippen LogP contribution in [0.5, 0.6) is 0 Å². The maximum atomic E-state index is 12.5. The lowest BCUT2D eigenvalue weighted by atomic mass is 10.1. The monoisotopic (exact) mass is 306 g/mol. The number of fused-ring (bicyclic) bond motifs is 1. The van der Waals surface area contributed by atoms with Crippen molar-refractivity contribution in [1.82, 2.24) is 9.88 Å². The van der Waals surface area contributed by atoms with Crippen molar-refractivity contribution >= 4 is 27.3 Å². The van der Waals surface area contributed by atoms with Gasteiger partial charge in [0, 0.05) is 28.9 Å². The Morgan fingerprint density at radius 3 is 2.76 bits per heavy atom. The summed E-state index contributed by atoms with van der Waals surface area (Å²) in [6.07, 6.45) is 2.73. The van der Waals surface area contributed by atoms with Crippen molar-refractivity contribution in [2.45, 2.75) is 40.7 Å². The van der Waals surface area contributed by atoms with Gasteiger partial charge in [-0.15, -0.1) is 11.3 Å². The molecule has 2 aromatic heterocycles. The molecule has 1 amide bonds. The predicted octanol–water partition coefficient (Wildman–Crippen LogP) is 3.17. The molecule has 2 aromatic rings. The number of carbonyl (C=O) groups is 1. The second-order valence-electron chi connectivity index (χ2n) is 5.62. The zero-order chi connectivity index (χ0) is 15.6. The minimum atomic E-state index is -0.134. The Labute approximate surface area is 128 Å². The lowest BCUT2D eigenvalue weighted by Gasteiger charge is -2.08. The number of nitrogens with zero attached hydrogens (tertiary/aromatic N) is 1. The molecule has 2 rings (SSSR count). The van der Waals surface area contributed by atoms with Crippen LogP contribution in [0.25, 0.3) is 10.1 Å². The number of aromatic nitrogens is 1. The minimum absolute atomic E-state index is 0.0756. The molecule has 0 unspecified atom stereocenters. The van der Waals surface area contributed by atoms with Gasteiger partial charge in [-0.2, -0.15) is 0 Å². The molecule has 0 radical (unpaired) electrons. The average Bonchev–Trinajstić information content (AvgIpc) is 2.76. The van der Waals surface area contributed by atoms with Crippen molar-refractivity contribution in [2.75, 3.05) is 6.54 Å².